The Hall–Kier alpha value is -3.10. The number of urea groups is 1. The summed E-state index contributed by atoms with van der Waals surface area (Å²) in [7, 11) is 0. The van der Waals surface area contributed by atoms with Gasteiger partial charge in [0.2, 0.25) is 5.91 Å². The van der Waals surface area contributed by atoms with Crippen molar-refractivity contribution in [3.05, 3.63) is 35.9 Å². The number of carbonyl (C=O) groups is 4. The molecule has 2 atom stereocenters. The van der Waals surface area contributed by atoms with Crippen LogP contribution in [-0.2, 0) is 20.9 Å². The quantitative estimate of drug-likeness (QED) is 0.504. The van der Waals surface area contributed by atoms with Crippen LogP contribution in [0.4, 0.5) is 9.59 Å². The molecule has 1 saturated heterocycles. The summed E-state index contributed by atoms with van der Waals surface area (Å²) in [5, 5.41) is 7.81. The number of benzene rings is 1. The average molecular weight is 404 g/mol. The fourth-order valence-electron chi connectivity index (χ4n) is 2.94. The first-order valence-corrected chi connectivity index (χ1v) is 9.64. The van der Waals surface area contributed by atoms with E-state index in [2.05, 4.69) is 16.0 Å². The highest BCUT2D eigenvalue weighted by Gasteiger charge is 2.28. The standard InChI is InChI=1S/C20H28N4O5/c1-14(2)10-17(23-20(28)29-13-15-6-4-3-5-7-15)18(26)22-16(12-25)11-24-9-8-21-19(24)27/h3-7,12,14,16-17H,8-11,13H2,1-2H3,(H,21,27)(H,22,26)(H,23,28). The second kappa shape index (κ2) is 11.0. The van der Waals surface area contributed by atoms with Gasteiger partial charge in [-0.05, 0) is 17.9 Å². The molecular formula is C20H28N4O5. The second-order valence-electron chi connectivity index (χ2n) is 7.32. The second-order valence-corrected chi connectivity index (χ2v) is 7.32. The maximum Gasteiger partial charge on any atom is 0.408 e. The average Bonchev–Trinajstić information content (AvgIpc) is 3.10. The highest BCUT2D eigenvalue weighted by Crippen LogP contribution is 2.07. The van der Waals surface area contributed by atoms with Gasteiger partial charge >= 0.3 is 12.1 Å². The molecule has 1 aliphatic heterocycles. The highest BCUT2D eigenvalue weighted by atomic mass is 16.5. The fraction of sp³-hybridized carbons (Fsp3) is 0.500. The Morgan fingerprint density at radius 1 is 1.24 bits per heavy atom. The number of aldehydes is 1. The lowest BCUT2D eigenvalue weighted by Crippen LogP contribution is -2.53. The van der Waals surface area contributed by atoms with Gasteiger partial charge in [0, 0.05) is 19.6 Å². The number of nitrogens with zero attached hydrogens (tertiary/aromatic N) is 1. The predicted octanol–water partition coefficient (Wildman–Crippen LogP) is 1.04. The molecule has 4 amide bonds. The summed E-state index contributed by atoms with van der Waals surface area (Å²) < 4.78 is 5.18. The van der Waals surface area contributed by atoms with Gasteiger partial charge in [-0.15, -0.1) is 0 Å². The lowest BCUT2D eigenvalue weighted by molar-refractivity contribution is -0.126. The van der Waals surface area contributed by atoms with Crippen LogP contribution >= 0.6 is 0 Å². The van der Waals surface area contributed by atoms with Gasteiger partial charge in [-0.3, -0.25) is 4.79 Å². The number of amides is 4. The minimum Gasteiger partial charge on any atom is -0.445 e. The van der Waals surface area contributed by atoms with Gasteiger partial charge in [-0.1, -0.05) is 44.2 Å². The van der Waals surface area contributed by atoms with Crippen LogP contribution in [0.3, 0.4) is 0 Å². The van der Waals surface area contributed by atoms with Crippen molar-refractivity contribution in [2.45, 2.75) is 39.0 Å². The number of hydrogen-bond donors (Lipinski definition) is 3. The molecule has 1 heterocycles. The fourth-order valence-corrected chi connectivity index (χ4v) is 2.94. The molecule has 1 fully saturated rings. The maximum atomic E-state index is 12.7. The van der Waals surface area contributed by atoms with E-state index in [9.17, 15) is 19.2 Å². The molecule has 0 radical (unpaired) electrons. The van der Waals surface area contributed by atoms with E-state index in [1.165, 1.54) is 4.90 Å². The Labute approximate surface area is 170 Å². The number of alkyl carbamates (subject to hydrolysis) is 1. The molecule has 2 unspecified atom stereocenters. The minimum atomic E-state index is -0.858. The Bertz CT molecular complexity index is 710. The van der Waals surface area contributed by atoms with Crippen LogP contribution in [-0.4, -0.2) is 60.9 Å². The Kier molecular flexibility index (Phi) is 8.45. The first-order valence-electron chi connectivity index (χ1n) is 9.64. The molecule has 1 aliphatic rings. The van der Waals surface area contributed by atoms with Crippen molar-refractivity contribution >= 4 is 24.3 Å². The molecular weight excluding hydrogens is 376 g/mol. The van der Waals surface area contributed by atoms with Crippen LogP contribution in [0.1, 0.15) is 25.8 Å². The number of rotatable bonds is 10. The van der Waals surface area contributed by atoms with E-state index < -0.39 is 24.1 Å². The third-order valence-corrected chi connectivity index (χ3v) is 4.38. The molecule has 0 spiro atoms. The van der Waals surface area contributed by atoms with Gasteiger partial charge in [-0.25, -0.2) is 9.59 Å². The van der Waals surface area contributed by atoms with Crippen molar-refractivity contribution in [3.63, 3.8) is 0 Å². The normalized spacial score (nSPS) is 15.4. The van der Waals surface area contributed by atoms with Crippen molar-refractivity contribution in [2.75, 3.05) is 19.6 Å². The summed E-state index contributed by atoms with van der Waals surface area (Å²) in [4.78, 5) is 49.3. The van der Waals surface area contributed by atoms with Gasteiger partial charge in [-0.2, -0.15) is 0 Å². The maximum absolute atomic E-state index is 12.7. The lowest BCUT2D eigenvalue weighted by atomic mass is 10.0. The Morgan fingerprint density at radius 3 is 2.55 bits per heavy atom. The third-order valence-electron chi connectivity index (χ3n) is 4.38. The van der Waals surface area contributed by atoms with Crippen LogP contribution in [0, 0.1) is 5.92 Å². The van der Waals surface area contributed by atoms with Gasteiger partial charge in [0.15, 0.2) is 0 Å². The Morgan fingerprint density at radius 2 is 1.97 bits per heavy atom. The number of nitrogens with one attached hydrogen (secondary N) is 3. The topological polar surface area (TPSA) is 117 Å². The van der Waals surface area contributed by atoms with Gasteiger partial charge in [0.05, 0.1) is 0 Å². The van der Waals surface area contributed by atoms with Crippen LogP contribution < -0.4 is 16.0 Å². The summed E-state index contributed by atoms with van der Waals surface area (Å²) in [6, 6.07) is 7.21. The summed E-state index contributed by atoms with van der Waals surface area (Å²) in [5.74, 6) is -0.369. The van der Waals surface area contributed by atoms with Crippen LogP contribution in [0.15, 0.2) is 30.3 Å². The molecule has 1 aromatic rings. The number of hydrogen-bond acceptors (Lipinski definition) is 5. The molecule has 0 aromatic heterocycles. The smallest absolute Gasteiger partial charge is 0.408 e. The van der Waals surface area contributed by atoms with E-state index in [1.54, 1.807) is 0 Å². The molecule has 158 valence electrons. The minimum absolute atomic E-state index is 0.0773. The van der Waals surface area contributed by atoms with Crippen molar-refractivity contribution in [1.82, 2.24) is 20.9 Å². The zero-order chi connectivity index (χ0) is 21.2. The van der Waals surface area contributed by atoms with E-state index in [1.807, 2.05) is 44.2 Å². The molecule has 29 heavy (non-hydrogen) atoms. The number of ether oxygens (including phenoxy) is 1. The zero-order valence-corrected chi connectivity index (χ0v) is 16.7. The van der Waals surface area contributed by atoms with E-state index >= 15 is 0 Å². The lowest BCUT2D eigenvalue weighted by Gasteiger charge is -2.24. The first kappa shape index (κ1) is 22.2. The van der Waals surface area contributed by atoms with E-state index in [0.29, 0.717) is 25.8 Å². The molecule has 2 rings (SSSR count). The van der Waals surface area contributed by atoms with E-state index in [0.717, 1.165) is 5.56 Å². The molecule has 3 N–H and O–H groups in total. The van der Waals surface area contributed by atoms with Crippen LogP contribution in [0.2, 0.25) is 0 Å². The molecule has 0 aliphatic carbocycles. The monoisotopic (exact) mass is 404 g/mol. The van der Waals surface area contributed by atoms with E-state index in [4.69, 9.17) is 4.74 Å². The van der Waals surface area contributed by atoms with Crippen molar-refractivity contribution in [3.8, 4) is 0 Å². The molecule has 9 heteroatoms. The van der Waals surface area contributed by atoms with Gasteiger partial charge in [0.25, 0.3) is 0 Å². The highest BCUT2D eigenvalue weighted by molar-refractivity contribution is 5.87. The SMILES string of the molecule is CC(C)CC(NC(=O)OCc1ccccc1)C(=O)NC(C=O)CN1CCNC1=O. The first-order chi connectivity index (χ1) is 13.9. The summed E-state index contributed by atoms with van der Waals surface area (Å²) in [6.07, 6.45) is 0.252. The van der Waals surface area contributed by atoms with Crippen molar-refractivity contribution < 1.29 is 23.9 Å². The zero-order valence-electron chi connectivity index (χ0n) is 16.7. The summed E-state index contributed by atoms with van der Waals surface area (Å²) >= 11 is 0. The molecule has 0 bridgehead atoms. The summed E-state index contributed by atoms with van der Waals surface area (Å²) in [5.41, 5.74) is 0.831. The largest absolute Gasteiger partial charge is 0.445 e. The van der Waals surface area contributed by atoms with Gasteiger partial charge in [0.1, 0.15) is 25.0 Å². The van der Waals surface area contributed by atoms with E-state index in [-0.39, 0.29) is 25.1 Å². The predicted molar refractivity (Wildman–Crippen MR) is 106 cm³/mol. The number of carbonyl (C=O) groups excluding carboxylic acids is 4. The Balaban J connectivity index is 1.90. The third kappa shape index (κ3) is 7.44. The van der Waals surface area contributed by atoms with Crippen molar-refractivity contribution in [1.29, 1.82) is 0 Å². The summed E-state index contributed by atoms with van der Waals surface area (Å²) in [6.45, 7) is 4.98. The van der Waals surface area contributed by atoms with Gasteiger partial charge < -0.3 is 30.4 Å². The van der Waals surface area contributed by atoms with Crippen LogP contribution in [0.5, 0.6) is 0 Å². The molecule has 9 nitrogen and oxygen atoms in total. The molecule has 1 aromatic carbocycles. The van der Waals surface area contributed by atoms with Crippen LogP contribution in [0.25, 0.3) is 0 Å². The molecule has 0 saturated carbocycles. The van der Waals surface area contributed by atoms with Crippen molar-refractivity contribution in [2.24, 2.45) is 5.92 Å².